The number of esters is 2. The Morgan fingerprint density at radius 3 is 2.81 bits per heavy atom. The third-order valence-electron chi connectivity index (χ3n) is 4.94. The van der Waals surface area contributed by atoms with Gasteiger partial charge in [0.05, 0.1) is 12.5 Å². The second-order valence-corrected chi connectivity index (χ2v) is 6.35. The van der Waals surface area contributed by atoms with Gasteiger partial charge >= 0.3 is 11.9 Å². The van der Waals surface area contributed by atoms with Crippen LogP contribution in [0.5, 0.6) is 0 Å². The van der Waals surface area contributed by atoms with Crippen molar-refractivity contribution in [1.82, 2.24) is 0 Å². The molecule has 5 heteroatoms. The second-order valence-electron chi connectivity index (χ2n) is 6.35. The summed E-state index contributed by atoms with van der Waals surface area (Å²) in [7, 11) is 0. The van der Waals surface area contributed by atoms with E-state index in [1.165, 1.54) is 6.08 Å². The summed E-state index contributed by atoms with van der Waals surface area (Å²) in [5, 5.41) is 0. The first-order valence-corrected chi connectivity index (χ1v) is 7.79. The van der Waals surface area contributed by atoms with Crippen molar-refractivity contribution < 1.29 is 23.8 Å². The molecule has 4 unspecified atom stereocenters. The molecule has 2 bridgehead atoms. The molecule has 0 aromatic carbocycles. The average molecular weight is 294 g/mol. The Hall–Kier alpha value is -1.36. The lowest BCUT2D eigenvalue weighted by Gasteiger charge is -2.30. The molecule has 21 heavy (non-hydrogen) atoms. The largest absolute Gasteiger partial charge is 0.456 e. The lowest BCUT2D eigenvalue weighted by molar-refractivity contribution is -0.193. The second kappa shape index (κ2) is 5.79. The molecule has 0 spiro atoms. The lowest BCUT2D eigenvalue weighted by atomic mass is 9.87. The van der Waals surface area contributed by atoms with Gasteiger partial charge in [-0.25, -0.2) is 4.79 Å². The Morgan fingerprint density at radius 2 is 2.10 bits per heavy atom. The number of ether oxygens (including phenoxy) is 3. The molecular formula is C16H22O5. The van der Waals surface area contributed by atoms with Crippen molar-refractivity contribution in [3.05, 3.63) is 12.7 Å². The number of rotatable bonds is 4. The average Bonchev–Trinajstić information content (AvgIpc) is 3.06. The Bertz CT molecular complexity index is 440. The summed E-state index contributed by atoms with van der Waals surface area (Å²) in [6.07, 6.45) is 6.71. The fraction of sp³-hybridized carbons (Fsp3) is 0.750. The molecular weight excluding hydrogens is 272 g/mol. The summed E-state index contributed by atoms with van der Waals surface area (Å²) in [5.74, 6) is -0.496. The third-order valence-corrected chi connectivity index (χ3v) is 4.94. The van der Waals surface area contributed by atoms with Gasteiger partial charge in [-0.15, -0.1) is 0 Å². The van der Waals surface area contributed by atoms with E-state index in [1.54, 1.807) is 0 Å². The van der Waals surface area contributed by atoms with Crippen molar-refractivity contribution >= 4 is 11.9 Å². The van der Waals surface area contributed by atoms with Crippen molar-refractivity contribution in [3.8, 4) is 0 Å². The number of hydrogen-bond donors (Lipinski definition) is 0. The van der Waals surface area contributed by atoms with Gasteiger partial charge in [-0.3, -0.25) is 4.79 Å². The minimum Gasteiger partial charge on any atom is -0.456 e. The van der Waals surface area contributed by atoms with Crippen molar-refractivity contribution in [1.29, 1.82) is 0 Å². The number of carbonyl (C=O) groups is 2. The van der Waals surface area contributed by atoms with E-state index in [2.05, 4.69) is 6.58 Å². The van der Waals surface area contributed by atoms with E-state index < -0.39 is 17.9 Å². The van der Waals surface area contributed by atoms with E-state index in [9.17, 15) is 9.59 Å². The fourth-order valence-electron chi connectivity index (χ4n) is 3.91. The molecule has 0 aromatic heterocycles. The molecule has 0 amide bonds. The minimum atomic E-state index is -0.479. The number of carbonyl (C=O) groups excluding carboxylic acids is 2. The zero-order valence-corrected chi connectivity index (χ0v) is 12.2. The van der Waals surface area contributed by atoms with Gasteiger partial charge in [-0.2, -0.15) is 0 Å². The van der Waals surface area contributed by atoms with Gasteiger partial charge < -0.3 is 14.2 Å². The van der Waals surface area contributed by atoms with Crippen LogP contribution in [0.1, 0.15) is 44.9 Å². The molecule has 116 valence electrons. The fourth-order valence-corrected chi connectivity index (χ4v) is 3.91. The normalized spacial score (nSPS) is 38.0. The van der Waals surface area contributed by atoms with E-state index >= 15 is 0 Å². The maximum Gasteiger partial charge on any atom is 0.330 e. The van der Waals surface area contributed by atoms with Gasteiger partial charge in [-0.05, 0) is 38.0 Å². The van der Waals surface area contributed by atoms with Gasteiger partial charge in [0.15, 0.2) is 0 Å². The molecule has 0 radical (unpaired) electrons. The highest BCUT2D eigenvalue weighted by Gasteiger charge is 2.56. The summed E-state index contributed by atoms with van der Waals surface area (Å²) in [5.41, 5.74) is -0.479. The van der Waals surface area contributed by atoms with Crippen LogP contribution in [0.4, 0.5) is 0 Å². The van der Waals surface area contributed by atoms with Crippen molar-refractivity contribution in [2.75, 3.05) is 6.61 Å². The van der Waals surface area contributed by atoms with E-state index in [1.807, 2.05) is 0 Å². The molecule has 1 saturated heterocycles. The van der Waals surface area contributed by atoms with Crippen LogP contribution in [0.3, 0.4) is 0 Å². The molecule has 0 aromatic rings. The first-order valence-electron chi connectivity index (χ1n) is 7.79. The predicted octanol–water partition coefficient (Wildman–Crippen LogP) is 2.34. The summed E-state index contributed by atoms with van der Waals surface area (Å²) >= 11 is 0. The van der Waals surface area contributed by atoms with Crippen LogP contribution in [-0.4, -0.2) is 30.4 Å². The molecule has 3 aliphatic rings. The molecule has 3 fully saturated rings. The minimum absolute atomic E-state index is 0.165. The molecule has 2 aliphatic carbocycles. The van der Waals surface area contributed by atoms with Gasteiger partial charge in [0.25, 0.3) is 0 Å². The highest BCUT2D eigenvalue weighted by Crippen LogP contribution is 2.53. The molecule has 3 rings (SSSR count). The zero-order chi connectivity index (χ0) is 14.9. The maximum atomic E-state index is 12.3. The maximum absolute atomic E-state index is 12.3. The van der Waals surface area contributed by atoms with Gasteiger partial charge in [0.2, 0.25) is 6.29 Å². The Labute approximate surface area is 124 Å². The van der Waals surface area contributed by atoms with Crippen LogP contribution in [-0.2, 0) is 23.8 Å². The van der Waals surface area contributed by atoms with Gasteiger partial charge in [0.1, 0.15) is 5.60 Å². The molecule has 1 heterocycles. The number of fused-ring (bicyclic) bond motifs is 2. The highest BCUT2D eigenvalue weighted by molar-refractivity contribution is 5.82. The number of hydrogen-bond acceptors (Lipinski definition) is 5. The summed E-state index contributed by atoms with van der Waals surface area (Å²) in [6.45, 7) is 4.09. The van der Waals surface area contributed by atoms with Crippen molar-refractivity contribution in [2.45, 2.75) is 56.8 Å². The van der Waals surface area contributed by atoms with E-state index in [0.29, 0.717) is 13.0 Å². The van der Waals surface area contributed by atoms with E-state index in [-0.39, 0.29) is 17.8 Å². The van der Waals surface area contributed by atoms with Gasteiger partial charge in [0, 0.05) is 18.9 Å². The molecule has 5 nitrogen and oxygen atoms in total. The smallest absolute Gasteiger partial charge is 0.330 e. The zero-order valence-electron chi connectivity index (χ0n) is 12.2. The predicted molar refractivity (Wildman–Crippen MR) is 74.2 cm³/mol. The van der Waals surface area contributed by atoms with Crippen LogP contribution in [0, 0.1) is 11.8 Å². The molecule has 4 atom stereocenters. The standard InChI is InChI=1S/C16H22O5/c1-2-13(17)21-16-7-6-11(9-16)12(10-16)15(18)20-14-5-3-4-8-19-14/h2,11-12,14H,1,3-10H2. The first kappa shape index (κ1) is 14.6. The third kappa shape index (κ3) is 2.98. The van der Waals surface area contributed by atoms with Gasteiger partial charge in [-0.1, -0.05) is 6.58 Å². The SMILES string of the molecule is C=CC(=O)OC12CCC(C1)C(C(=O)OC1CCCCO1)C2. The van der Waals surface area contributed by atoms with E-state index in [4.69, 9.17) is 14.2 Å². The van der Waals surface area contributed by atoms with Crippen LogP contribution in [0.15, 0.2) is 12.7 Å². The lowest BCUT2D eigenvalue weighted by Crippen LogP contribution is -2.35. The first-order chi connectivity index (χ1) is 10.1. The van der Waals surface area contributed by atoms with Crippen LogP contribution >= 0.6 is 0 Å². The highest BCUT2D eigenvalue weighted by atomic mass is 16.7. The Balaban J connectivity index is 1.58. The molecule has 2 saturated carbocycles. The van der Waals surface area contributed by atoms with Crippen molar-refractivity contribution in [3.63, 3.8) is 0 Å². The summed E-state index contributed by atoms with van der Waals surface area (Å²) < 4.78 is 16.4. The summed E-state index contributed by atoms with van der Waals surface area (Å²) in [4.78, 5) is 23.8. The monoisotopic (exact) mass is 294 g/mol. The quantitative estimate of drug-likeness (QED) is 0.588. The topological polar surface area (TPSA) is 61.8 Å². The summed E-state index contributed by atoms with van der Waals surface area (Å²) in [6, 6.07) is 0. The van der Waals surface area contributed by atoms with Crippen LogP contribution in [0.25, 0.3) is 0 Å². The van der Waals surface area contributed by atoms with E-state index in [0.717, 1.165) is 38.5 Å². The Kier molecular flexibility index (Phi) is 4.02. The van der Waals surface area contributed by atoms with Crippen molar-refractivity contribution in [2.24, 2.45) is 11.8 Å². The molecule has 0 N–H and O–H groups in total. The van der Waals surface area contributed by atoms with Crippen LogP contribution < -0.4 is 0 Å². The van der Waals surface area contributed by atoms with Crippen LogP contribution in [0.2, 0.25) is 0 Å². The Morgan fingerprint density at radius 1 is 1.24 bits per heavy atom. The molecule has 1 aliphatic heterocycles.